The Bertz CT molecular complexity index is 238. The number of piperidine rings is 1. The molecule has 1 fully saturated rings. The highest BCUT2D eigenvalue weighted by molar-refractivity contribution is 5.72. The lowest BCUT2D eigenvalue weighted by molar-refractivity contribution is -0.149. The van der Waals surface area contributed by atoms with Gasteiger partial charge in [0.25, 0.3) is 0 Å². The fourth-order valence-electron chi connectivity index (χ4n) is 2.15. The molecule has 0 spiro atoms. The summed E-state index contributed by atoms with van der Waals surface area (Å²) >= 11 is 0. The molecule has 0 radical (unpaired) electrons. The lowest BCUT2D eigenvalue weighted by atomic mass is 9.91. The molecule has 3 heteroatoms. The van der Waals surface area contributed by atoms with Crippen molar-refractivity contribution in [2.45, 2.75) is 60.8 Å². The van der Waals surface area contributed by atoms with Gasteiger partial charge in [-0.15, -0.1) is 0 Å². The zero-order valence-corrected chi connectivity index (χ0v) is 13.8. The molecule has 0 atom stereocenters. The van der Waals surface area contributed by atoms with Gasteiger partial charge in [-0.1, -0.05) is 34.6 Å². The number of esters is 1. The molecule has 0 N–H and O–H groups in total. The maximum absolute atomic E-state index is 11.6. The summed E-state index contributed by atoms with van der Waals surface area (Å²) in [5, 5.41) is 0. The summed E-state index contributed by atoms with van der Waals surface area (Å²) in [7, 11) is 0. The van der Waals surface area contributed by atoms with Crippen molar-refractivity contribution < 1.29 is 9.53 Å². The SMILES string of the molecule is CC.CCOC(=O)C1CCN(CCC(C)(C)C)CC1. The maximum atomic E-state index is 11.6. The van der Waals surface area contributed by atoms with Crippen LogP contribution < -0.4 is 0 Å². The van der Waals surface area contributed by atoms with Gasteiger partial charge in [-0.2, -0.15) is 0 Å². The molecular formula is C16H33NO2. The number of rotatable bonds is 4. The fraction of sp³-hybridized carbons (Fsp3) is 0.938. The quantitative estimate of drug-likeness (QED) is 0.730. The predicted molar refractivity (Wildman–Crippen MR) is 81.2 cm³/mol. The average Bonchev–Trinajstić information content (AvgIpc) is 2.39. The first-order chi connectivity index (χ1) is 8.92. The second kappa shape index (κ2) is 9.35. The van der Waals surface area contributed by atoms with Crippen molar-refractivity contribution in [1.29, 1.82) is 0 Å². The Morgan fingerprint density at radius 2 is 1.74 bits per heavy atom. The van der Waals surface area contributed by atoms with E-state index in [1.165, 1.54) is 6.42 Å². The summed E-state index contributed by atoms with van der Waals surface area (Å²) in [5.41, 5.74) is 0.401. The molecule has 1 saturated heterocycles. The van der Waals surface area contributed by atoms with Crippen molar-refractivity contribution in [3.8, 4) is 0 Å². The van der Waals surface area contributed by atoms with E-state index in [0.29, 0.717) is 12.0 Å². The van der Waals surface area contributed by atoms with Crippen LogP contribution >= 0.6 is 0 Å². The average molecular weight is 271 g/mol. The molecule has 0 aromatic carbocycles. The van der Waals surface area contributed by atoms with Crippen LogP contribution in [0.25, 0.3) is 0 Å². The summed E-state index contributed by atoms with van der Waals surface area (Å²) in [5.74, 6) is 0.142. The molecule has 1 aliphatic rings. The topological polar surface area (TPSA) is 29.5 Å². The van der Waals surface area contributed by atoms with E-state index in [0.717, 1.165) is 32.5 Å². The molecule has 1 aliphatic heterocycles. The maximum Gasteiger partial charge on any atom is 0.309 e. The first-order valence-electron chi connectivity index (χ1n) is 7.81. The van der Waals surface area contributed by atoms with Gasteiger partial charge in [-0.25, -0.2) is 0 Å². The number of ether oxygens (including phenoxy) is 1. The van der Waals surface area contributed by atoms with Crippen LogP contribution in [0.2, 0.25) is 0 Å². The van der Waals surface area contributed by atoms with Gasteiger partial charge in [0.05, 0.1) is 12.5 Å². The van der Waals surface area contributed by atoms with E-state index in [4.69, 9.17) is 4.74 Å². The van der Waals surface area contributed by atoms with Crippen molar-refractivity contribution in [3.63, 3.8) is 0 Å². The normalized spacial score (nSPS) is 17.6. The van der Waals surface area contributed by atoms with Gasteiger partial charge in [0.2, 0.25) is 0 Å². The highest BCUT2D eigenvalue weighted by atomic mass is 16.5. The molecule has 0 unspecified atom stereocenters. The van der Waals surface area contributed by atoms with Gasteiger partial charge < -0.3 is 9.64 Å². The van der Waals surface area contributed by atoms with Gasteiger partial charge >= 0.3 is 5.97 Å². The van der Waals surface area contributed by atoms with Crippen molar-refractivity contribution in [2.24, 2.45) is 11.3 Å². The minimum Gasteiger partial charge on any atom is -0.466 e. The number of nitrogens with zero attached hydrogens (tertiary/aromatic N) is 1. The van der Waals surface area contributed by atoms with Gasteiger partial charge in [-0.3, -0.25) is 4.79 Å². The molecule has 1 rings (SSSR count). The highest BCUT2D eigenvalue weighted by Crippen LogP contribution is 2.22. The van der Waals surface area contributed by atoms with Gasteiger partial charge in [0.1, 0.15) is 0 Å². The zero-order valence-electron chi connectivity index (χ0n) is 13.8. The highest BCUT2D eigenvalue weighted by Gasteiger charge is 2.26. The first-order valence-corrected chi connectivity index (χ1v) is 7.81. The Hall–Kier alpha value is -0.570. The van der Waals surface area contributed by atoms with E-state index in [-0.39, 0.29) is 11.9 Å². The molecule has 0 aliphatic carbocycles. The minimum absolute atomic E-state index is 0.00275. The van der Waals surface area contributed by atoms with Crippen LogP contribution in [0.1, 0.15) is 60.8 Å². The largest absolute Gasteiger partial charge is 0.466 e. The van der Waals surface area contributed by atoms with Crippen LogP contribution in [-0.2, 0) is 9.53 Å². The third-order valence-corrected chi connectivity index (χ3v) is 3.39. The van der Waals surface area contributed by atoms with Crippen LogP contribution in [0.15, 0.2) is 0 Å². The van der Waals surface area contributed by atoms with E-state index < -0.39 is 0 Å². The first kappa shape index (κ1) is 18.4. The van der Waals surface area contributed by atoms with E-state index in [2.05, 4.69) is 25.7 Å². The molecule has 0 amide bonds. The molecular weight excluding hydrogens is 238 g/mol. The van der Waals surface area contributed by atoms with Crippen LogP contribution in [0.4, 0.5) is 0 Å². The Balaban J connectivity index is 0.00000154. The third-order valence-electron chi connectivity index (χ3n) is 3.39. The second-order valence-electron chi connectivity index (χ2n) is 6.18. The van der Waals surface area contributed by atoms with E-state index in [1.807, 2.05) is 20.8 Å². The second-order valence-corrected chi connectivity index (χ2v) is 6.18. The molecule has 1 heterocycles. The van der Waals surface area contributed by atoms with Crippen molar-refractivity contribution in [3.05, 3.63) is 0 Å². The molecule has 0 saturated carbocycles. The molecule has 0 aromatic rings. The molecule has 0 aromatic heterocycles. The monoisotopic (exact) mass is 271 g/mol. The Morgan fingerprint density at radius 3 is 2.16 bits per heavy atom. The van der Waals surface area contributed by atoms with Crippen molar-refractivity contribution in [1.82, 2.24) is 4.90 Å². The number of carbonyl (C=O) groups excluding carboxylic acids is 1. The number of likely N-dealkylation sites (tertiary alicyclic amines) is 1. The minimum atomic E-state index is 0.00275. The van der Waals surface area contributed by atoms with Gasteiger partial charge in [0, 0.05) is 0 Å². The van der Waals surface area contributed by atoms with Crippen LogP contribution in [0.3, 0.4) is 0 Å². The Labute approximate surface area is 119 Å². The fourth-order valence-corrected chi connectivity index (χ4v) is 2.15. The lowest BCUT2D eigenvalue weighted by Crippen LogP contribution is -2.38. The van der Waals surface area contributed by atoms with Gasteiger partial charge in [-0.05, 0) is 51.2 Å². The Morgan fingerprint density at radius 1 is 1.21 bits per heavy atom. The van der Waals surface area contributed by atoms with E-state index >= 15 is 0 Å². The van der Waals surface area contributed by atoms with E-state index in [9.17, 15) is 4.79 Å². The van der Waals surface area contributed by atoms with Gasteiger partial charge in [0.15, 0.2) is 0 Å². The number of hydrogen-bond donors (Lipinski definition) is 0. The summed E-state index contributed by atoms with van der Waals surface area (Å²) < 4.78 is 5.07. The standard InChI is InChI=1S/C14H27NO2.C2H6/c1-5-17-13(16)12-6-9-15(10-7-12)11-8-14(2,3)4;1-2/h12H,5-11H2,1-4H3;1-2H3. The summed E-state index contributed by atoms with van der Waals surface area (Å²) in [6.45, 7) is 16.4. The molecule has 114 valence electrons. The predicted octanol–water partition coefficient (Wildman–Crippen LogP) is 3.72. The Kier molecular flexibility index (Phi) is 9.07. The smallest absolute Gasteiger partial charge is 0.309 e. The summed E-state index contributed by atoms with van der Waals surface area (Å²) in [6.07, 6.45) is 3.14. The van der Waals surface area contributed by atoms with Crippen LogP contribution in [0.5, 0.6) is 0 Å². The molecule has 19 heavy (non-hydrogen) atoms. The van der Waals surface area contributed by atoms with Crippen LogP contribution in [-0.4, -0.2) is 37.1 Å². The number of carbonyl (C=O) groups is 1. The summed E-state index contributed by atoms with van der Waals surface area (Å²) in [6, 6.07) is 0. The third kappa shape index (κ3) is 8.25. The number of hydrogen-bond acceptors (Lipinski definition) is 3. The lowest BCUT2D eigenvalue weighted by Gasteiger charge is -2.32. The van der Waals surface area contributed by atoms with Crippen molar-refractivity contribution >= 4 is 5.97 Å². The zero-order chi connectivity index (χ0) is 14.9. The van der Waals surface area contributed by atoms with Crippen LogP contribution in [0, 0.1) is 11.3 Å². The molecule has 0 bridgehead atoms. The van der Waals surface area contributed by atoms with Crippen molar-refractivity contribution in [2.75, 3.05) is 26.2 Å². The van der Waals surface area contributed by atoms with E-state index in [1.54, 1.807) is 0 Å². The summed E-state index contributed by atoms with van der Waals surface area (Å²) in [4.78, 5) is 14.1. The molecule has 3 nitrogen and oxygen atoms in total.